The van der Waals surface area contributed by atoms with Crippen molar-refractivity contribution in [2.24, 2.45) is 4.99 Å². The van der Waals surface area contributed by atoms with E-state index in [1.165, 1.54) is 0 Å². The van der Waals surface area contributed by atoms with Gasteiger partial charge in [-0.2, -0.15) is 0 Å². The summed E-state index contributed by atoms with van der Waals surface area (Å²) in [5.41, 5.74) is 1.59. The molecule has 25 heavy (non-hydrogen) atoms. The Labute approximate surface area is 150 Å². The van der Waals surface area contributed by atoms with Crippen LogP contribution >= 0.6 is 0 Å². The minimum Gasteiger partial charge on any atom is -0.383 e. The zero-order valence-electron chi connectivity index (χ0n) is 15.5. The van der Waals surface area contributed by atoms with Gasteiger partial charge in [0.15, 0.2) is 5.96 Å². The number of ether oxygens (including phenoxy) is 1. The number of methoxy groups -OCH3 is 1. The molecule has 0 spiro atoms. The number of nitrogens with one attached hydrogen (secondary N) is 2. The second-order valence-electron chi connectivity index (χ2n) is 6.05. The Kier molecular flexibility index (Phi) is 7.94. The molecule has 7 heteroatoms. The second kappa shape index (κ2) is 10.2. The molecule has 140 valence electrons. The lowest BCUT2D eigenvalue weighted by Gasteiger charge is -2.35. The van der Waals surface area contributed by atoms with Gasteiger partial charge in [-0.15, -0.1) is 0 Å². The lowest BCUT2D eigenvalue weighted by atomic mass is 10.1. The van der Waals surface area contributed by atoms with Gasteiger partial charge in [0.25, 0.3) is 0 Å². The Hall–Kier alpha value is -1.86. The molecule has 0 saturated carbocycles. The predicted molar refractivity (Wildman–Crippen MR) is 101 cm³/mol. The van der Waals surface area contributed by atoms with Crippen molar-refractivity contribution in [1.82, 2.24) is 15.5 Å². The van der Waals surface area contributed by atoms with E-state index in [4.69, 9.17) is 4.74 Å². The molecule has 1 fully saturated rings. The molecule has 0 aromatic heterocycles. The van der Waals surface area contributed by atoms with Gasteiger partial charge in [0.2, 0.25) is 0 Å². The summed E-state index contributed by atoms with van der Waals surface area (Å²) in [4.78, 5) is 8.65. The summed E-state index contributed by atoms with van der Waals surface area (Å²) < 4.78 is 19.5. The van der Waals surface area contributed by atoms with Crippen LogP contribution < -0.4 is 15.5 Å². The van der Waals surface area contributed by atoms with Gasteiger partial charge in [0.05, 0.1) is 12.3 Å². The van der Waals surface area contributed by atoms with Gasteiger partial charge in [-0.3, -0.25) is 4.99 Å². The molecule has 0 atom stereocenters. The average molecular weight is 351 g/mol. The molecule has 0 bridgehead atoms. The third-order valence-electron chi connectivity index (χ3n) is 4.45. The van der Waals surface area contributed by atoms with Crippen LogP contribution in [0.25, 0.3) is 0 Å². The van der Waals surface area contributed by atoms with Crippen molar-refractivity contribution < 1.29 is 9.13 Å². The number of nitrogens with zero attached hydrogens (tertiary/aromatic N) is 3. The van der Waals surface area contributed by atoms with Gasteiger partial charge in [-0.05, 0) is 24.2 Å². The Bertz CT molecular complexity index is 558. The van der Waals surface area contributed by atoms with Gasteiger partial charge in [-0.25, -0.2) is 4.39 Å². The highest BCUT2D eigenvalue weighted by atomic mass is 19.1. The quantitative estimate of drug-likeness (QED) is 0.440. The van der Waals surface area contributed by atoms with Crippen molar-refractivity contribution in [3.05, 3.63) is 29.6 Å². The van der Waals surface area contributed by atoms with Gasteiger partial charge >= 0.3 is 0 Å². The second-order valence-corrected chi connectivity index (χ2v) is 6.05. The molecule has 0 radical (unpaired) electrons. The fourth-order valence-corrected chi connectivity index (χ4v) is 2.90. The smallest absolute Gasteiger partial charge is 0.191 e. The largest absolute Gasteiger partial charge is 0.383 e. The molecular formula is C18H30FN5O. The maximum absolute atomic E-state index is 14.5. The highest BCUT2D eigenvalue weighted by molar-refractivity contribution is 5.79. The van der Waals surface area contributed by atoms with Crippen LogP contribution in [-0.4, -0.2) is 70.9 Å². The van der Waals surface area contributed by atoms with Crippen LogP contribution in [0.2, 0.25) is 0 Å². The standard InChI is InChI=1S/C18H30FN5O/c1-4-23-8-10-24(11-9-23)17-6-5-15(13-16(17)19)14-22-18(20-2)21-7-12-25-3/h5-6,13H,4,7-12,14H2,1-3H3,(H2,20,21,22). The van der Waals surface area contributed by atoms with E-state index < -0.39 is 0 Å². The lowest BCUT2D eigenvalue weighted by molar-refractivity contribution is 0.203. The van der Waals surface area contributed by atoms with E-state index >= 15 is 0 Å². The van der Waals surface area contributed by atoms with Gasteiger partial charge in [0.1, 0.15) is 5.82 Å². The topological polar surface area (TPSA) is 52.1 Å². The van der Waals surface area contributed by atoms with Crippen molar-refractivity contribution >= 4 is 11.6 Å². The third kappa shape index (κ3) is 5.86. The first-order valence-corrected chi connectivity index (χ1v) is 8.87. The Morgan fingerprint density at radius 1 is 1.24 bits per heavy atom. The number of hydrogen-bond donors (Lipinski definition) is 2. The Morgan fingerprint density at radius 3 is 2.60 bits per heavy atom. The van der Waals surface area contributed by atoms with Gasteiger partial charge < -0.3 is 25.2 Å². The van der Waals surface area contributed by atoms with Crippen molar-refractivity contribution in [3.63, 3.8) is 0 Å². The number of hydrogen-bond acceptors (Lipinski definition) is 4. The van der Waals surface area contributed by atoms with Crippen molar-refractivity contribution in [2.45, 2.75) is 13.5 Å². The van der Waals surface area contributed by atoms with E-state index in [9.17, 15) is 4.39 Å². The molecule has 1 aliphatic heterocycles. The van der Waals surface area contributed by atoms with Crippen LogP contribution in [0.5, 0.6) is 0 Å². The number of rotatable bonds is 7. The predicted octanol–water partition coefficient (Wildman–Crippen LogP) is 1.28. The zero-order chi connectivity index (χ0) is 18.1. The molecular weight excluding hydrogens is 321 g/mol. The molecule has 0 aliphatic carbocycles. The molecule has 2 N–H and O–H groups in total. The summed E-state index contributed by atoms with van der Waals surface area (Å²) in [5, 5.41) is 6.32. The van der Waals surface area contributed by atoms with Crippen molar-refractivity contribution in [1.29, 1.82) is 0 Å². The van der Waals surface area contributed by atoms with E-state index in [1.807, 2.05) is 12.1 Å². The van der Waals surface area contributed by atoms with Crippen LogP contribution in [0.4, 0.5) is 10.1 Å². The van der Waals surface area contributed by atoms with Crippen molar-refractivity contribution in [3.8, 4) is 0 Å². The number of guanidine groups is 1. The van der Waals surface area contributed by atoms with E-state index in [-0.39, 0.29) is 5.82 Å². The number of halogens is 1. The van der Waals surface area contributed by atoms with Crippen LogP contribution in [0.3, 0.4) is 0 Å². The van der Waals surface area contributed by atoms with Crippen LogP contribution in [0.15, 0.2) is 23.2 Å². The summed E-state index contributed by atoms with van der Waals surface area (Å²) in [7, 11) is 3.37. The normalized spacial score (nSPS) is 16.2. The van der Waals surface area contributed by atoms with E-state index in [0.29, 0.717) is 31.3 Å². The number of aliphatic imine (C=N–C) groups is 1. The minimum atomic E-state index is -0.161. The molecule has 0 amide bonds. The molecule has 1 aromatic carbocycles. The highest BCUT2D eigenvalue weighted by Crippen LogP contribution is 2.22. The first-order chi connectivity index (χ1) is 12.2. The summed E-state index contributed by atoms with van der Waals surface area (Å²) in [5.74, 6) is 0.517. The fourth-order valence-electron chi connectivity index (χ4n) is 2.90. The van der Waals surface area contributed by atoms with Crippen LogP contribution in [0.1, 0.15) is 12.5 Å². The van der Waals surface area contributed by atoms with Gasteiger partial charge in [0, 0.05) is 53.4 Å². The SMILES string of the molecule is CCN1CCN(c2ccc(CNC(=NC)NCCOC)cc2F)CC1. The highest BCUT2D eigenvalue weighted by Gasteiger charge is 2.18. The zero-order valence-corrected chi connectivity index (χ0v) is 15.5. The van der Waals surface area contributed by atoms with Crippen molar-refractivity contribution in [2.75, 3.05) is 64.9 Å². The summed E-state index contributed by atoms with van der Waals surface area (Å²) in [6.45, 7) is 8.74. The maximum Gasteiger partial charge on any atom is 0.191 e. The molecule has 0 unspecified atom stereocenters. The molecule has 1 aliphatic rings. The first kappa shape index (κ1) is 19.5. The summed E-state index contributed by atoms with van der Waals surface area (Å²) in [6.07, 6.45) is 0. The lowest BCUT2D eigenvalue weighted by Crippen LogP contribution is -2.46. The number of anilines is 1. The Balaban J connectivity index is 1.88. The summed E-state index contributed by atoms with van der Waals surface area (Å²) >= 11 is 0. The molecule has 2 rings (SSSR count). The van der Waals surface area contributed by atoms with Crippen LogP contribution in [-0.2, 0) is 11.3 Å². The summed E-state index contributed by atoms with van der Waals surface area (Å²) in [6, 6.07) is 5.46. The number of piperazine rings is 1. The minimum absolute atomic E-state index is 0.161. The van der Waals surface area contributed by atoms with E-state index in [0.717, 1.165) is 38.3 Å². The van der Waals surface area contributed by atoms with E-state index in [1.54, 1.807) is 20.2 Å². The maximum atomic E-state index is 14.5. The number of likely N-dealkylation sites (N-methyl/N-ethyl adjacent to an activating group) is 1. The van der Waals surface area contributed by atoms with E-state index in [2.05, 4.69) is 32.3 Å². The average Bonchev–Trinajstić information content (AvgIpc) is 2.65. The fraction of sp³-hybridized carbons (Fsp3) is 0.611. The van der Waals surface area contributed by atoms with Gasteiger partial charge in [-0.1, -0.05) is 13.0 Å². The monoisotopic (exact) mass is 351 g/mol. The third-order valence-corrected chi connectivity index (χ3v) is 4.45. The molecule has 6 nitrogen and oxygen atoms in total. The first-order valence-electron chi connectivity index (χ1n) is 8.87. The molecule has 1 saturated heterocycles. The number of benzene rings is 1. The Morgan fingerprint density at radius 2 is 2.00 bits per heavy atom. The van der Waals surface area contributed by atoms with Crippen LogP contribution in [0, 0.1) is 5.82 Å². The molecule has 1 aromatic rings. The molecule has 1 heterocycles.